The smallest absolute Gasteiger partial charge is 0.191 e. The molecule has 0 fully saturated rings. The second-order valence-electron chi connectivity index (χ2n) is 6.18. The lowest BCUT2D eigenvalue weighted by Crippen LogP contribution is -2.47. The van der Waals surface area contributed by atoms with Gasteiger partial charge in [0.15, 0.2) is 5.96 Å². The second-order valence-corrected chi connectivity index (χ2v) is 6.18. The van der Waals surface area contributed by atoms with Gasteiger partial charge < -0.3 is 20.3 Å². The summed E-state index contributed by atoms with van der Waals surface area (Å²) in [6.45, 7) is 11.9. The number of aliphatic imine (C=N–C) groups is 1. The number of benzene rings is 1. The van der Waals surface area contributed by atoms with Crippen LogP contribution in [0.1, 0.15) is 26.3 Å². The zero-order valence-electron chi connectivity index (χ0n) is 15.4. The van der Waals surface area contributed by atoms with E-state index < -0.39 is 0 Å². The second kappa shape index (κ2) is 9.40. The van der Waals surface area contributed by atoms with Gasteiger partial charge in [-0.2, -0.15) is 0 Å². The normalized spacial score (nSPS) is 12.2. The quantitative estimate of drug-likeness (QED) is 0.570. The zero-order chi connectivity index (χ0) is 17.3. The molecule has 1 aromatic carbocycles. The lowest BCUT2D eigenvalue weighted by atomic mass is 10.1. The number of rotatable bonds is 8. The Morgan fingerprint density at radius 2 is 1.96 bits per heavy atom. The van der Waals surface area contributed by atoms with Gasteiger partial charge >= 0.3 is 0 Å². The lowest BCUT2D eigenvalue weighted by molar-refractivity contribution is 0.0268. The molecule has 0 radical (unpaired) electrons. The zero-order valence-corrected chi connectivity index (χ0v) is 15.4. The Morgan fingerprint density at radius 3 is 2.52 bits per heavy atom. The van der Waals surface area contributed by atoms with Gasteiger partial charge in [0.05, 0.1) is 5.60 Å². The maximum absolute atomic E-state index is 5.41. The molecule has 0 aliphatic rings. The first kappa shape index (κ1) is 19.3. The van der Waals surface area contributed by atoms with E-state index in [0.29, 0.717) is 6.54 Å². The Balaban J connectivity index is 2.48. The maximum Gasteiger partial charge on any atom is 0.191 e. The molecular weight excluding hydrogens is 288 g/mol. The summed E-state index contributed by atoms with van der Waals surface area (Å²) < 4.78 is 5.41. The number of para-hydroxylation sites is 1. The fraction of sp³-hybridized carbons (Fsp3) is 0.611. The Bertz CT molecular complexity index is 500. The summed E-state index contributed by atoms with van der Waals surface area (Å²) >= 11 is 0. The highest BCUT2D eigenvalue weighted by molar-refractivity contribution is 5.79. The number of ether oxygens (including phenoxy) is 1. The first-order valence-corrected chi connectivity index (χ1v) is 8.23. The fourth-order valence-corrected chi connectivity index (χ4v) is 2.27. The van der Waals surface area contributed by atoms with Gasteiger partial charge in [0, 0.05) is 46.0 Å². The van der Waals surface area contributed by atoms with Crippen LogP contribution in [0.4, 0.5) is 5.69 Å². The first-order chi connectivity index (χ1) is 10.9. The molecule has 0 amide bonds. The van der Waals surface area contributed by atoms with Crippen molar-refractivity contribution in [2.75, 3.05) is 45.2 Å². The van der Waals surface area contributed by atoms with Crippen LogP contribution in [0.5, 0.6) is 0 Å². The van der Waals surface area contributed by atoms with E-state index in [1.165, 1.54) is 11.3 Å². The van der Waals surface area contributed by atoms with E-state index in [1.807, 2.05) is 13.8 Å². The molecule has 0 aliphatic heterocycles. The molecular formula is C18H32N4O. The molecule has 130 valence electrons. The molecule has 2 N–H and O–H groups in total. The predicted octanol–water partition coefficient (Wildman–Crippen LogP) is 2.41. The average Bonchev–Trinajstić information content (AvgIpc) is 2.55. The molecule has 5 nitrogen and oxygen atoms in total. The van der Waals surface area contributed by atoms with Crippen LogP contribution in [0.15, 0.2) is 29.3 Å². The number of aryl methyl sites for hydroxylation is 1. The van der Waals surface area contributed by atoms with Crippen LogP contribution >= 0.6 is 0 Å². The van der Waals surface area contributed by atoms with Crippen molar-refractivity contribution in [1.82, 2.24) is 10.6 Å². The van der Waals surface area contributed by atoms with E-state index in [4.69, 9.17) is 4.74 Å². The largest absolute Gasteiger partial charge is 0.377 e. The average molecular weight is 320 g/mol. The minimum absolute atomic E-state index is 0.214. The topological polar surface area (TPSA) is 48.9 Å². The molecule has 5 heteroatoms. The molecule has 0 saturated carbocycles. The monoisotopic (exact) mass is 320 g/mol. The third-order valence-electron chi connectivity index (χ3n) is 3.97. The highest BCUT2D eigenvalue weighted by atomic mass is 16.5. The summed E-state index contributed by atoms with van der Waals surface area (Å²) in [5, 5.41) is 6.66. The van der Waals surface area contributed by atoms with Crippen molar-refractivity contribution >= 4 is 11.6 Å². The van der Waals surface area contributed by atoms with E-state index in [2.05, 4.69) is 58.6 Å². The van der Waals surface area contributed by atoms with Crippen LogP contribution in [0.2, 0.25) is 0 Å². The van der Waals surface area contributed by atoms with E-state index in [1.54, 1.807) is 14.2 Å². The number of anilines is 1. The predicted molar refractivity (Wildman–Crippen MR) is 99.5 cm³/mol. The van der Waals surface area contributed by atoms with Gasteiger partial charge in [-0.25, -0.2) is 0 Å². The summed E-state index contributed by atoms with van der Waals surface area (Å²) in [4.78, 5) is 6.63. The highest BCUT2D eigenvalue weighted by Crippen LogP contribution is 2.18. The molecule has 0 heterocycles. The fourth-order valence-electron chi connectivity index (χ4n) is 2.27. The molecule has 0 bridgehead atoms. The molecule has 1 aromatic rings. The van der Waals surface area contributed by atoms with Crippen LogP contribution < -0.4 is 15.5 Å². The van der Waals surface area contributed by atoms with Gasteiger partial charge in [0.2, 0.25) is 0 Å². The number of hydrogen-bond acceptors (Lipinski definition) is 3. The van der Waals surface area contributed by atoms with Crippen molar-refractivity contribution < 1.29 is 4.74 Å². The highest BCUT2D eigenvalue weighted by Gasteiger charge is 2.16. The minimum Gasteiger partial charge on any atom is -0.377 e. The third-order valence-corrected chi connectivity index (χ3v) is 3.97. The van der Waals surface area contributed by atoms with Gasteiger partial charge in [0.25, 0.3) is 0 Å². The van der Waals surface area contributed by atoms with E-state index in [-0.39, 0.29) is 5.60 Å². The van der Waals surface area contributed by atoms with Gasteiger partial charge in [-0.1, -0.05) is 18.2 Å². The number of nitrogens with one attached hydrogen (secondary N) is 2. The Labute approximate surface area is 141 Å². The van der Waals surface area contributed by atoms with Crippen molar-refractivity contribution in [3.8, 4) is 0 Å². The van der Waals surface area contributed by atoms with Crippen molar-refractivity contribution in [2.45, 2.75) is 33.3 Å². The van der Waals surface area contributed by atoms with Crippen molar-refractivity contribution in [1.29, 1.82) is 0 Å². The Morgan fingerprint density at radius 1 is 1.26 bits per heavy atom. The molecule has 0 unspecified atom stereocenters. The van der Waals surface area contributed by atoms with Gasteiger partial charge in [-0.15, -0.1) is 0 Å². The number of nitrogens with zero attached hydrogens (tertiary/aromatic N) is 2. The number of likely N-dealkylation sites (N-methyl/N-ethyl adjacent to an activating group) is 1. The molecule has 1 rings (SSSR count). The van der Waals surface area contributed by atoms with Crippen LogP contribution in [-0.4, -0.2) is 51.9 Å². The maximum atomic E-state index is 5.41. The summed E-state index contributed by atoms with van der Waals surface area (Å²) in [6.07, 6.45) is 0. The first-order valence-electron chi connectivity index (χ1n) is 8.23. The van der Waals surface area contributed by atoms with Crippen molar-refractivity contribution in [3.63, 3.8) is 0 Å². The lowest BCUT2D eigenvalue weighted by Gasteiger charge is -2.27. The minimum atomic E-state index is -0.214. The van der Waals surface area contributed by atoms with Gasteiger partial charge in [-0.3, -0.25) is 4.99 Å². The van der Waals surface area contributed by atoms with Gasteiger partial charge in [0.1, 0.15) is 0 Å². The molecule has 0 aliphatic carbocycles. The Hall–Kier alpha value is -1.75. The SMILES string of the molecule is CCN(CCNC(=NC)NCC(C)(C)OC)c1ccccc1C. The van der Waals surface area contributed by atoms with Crippen LogP contribution in [-0.2, 0) is 4.74 Å². The van der Waals surface area contributed by atoms with E-state index >= 15 is 0 Å². The standard InChI is InChI=1S/C18H32N4O/c1-7-22(16-11-9-8-10-15(16)2)13-12-20-17(19-5)21-14-18(3,4)23-6/h8-11H,7,12-14H2,1-6H3,(H2,19,20,21). The van der Waals surface area contributed by atoms with Crippen molar-refractivity contribution in [2.24, 2.45) is 4.99 Å². The number of hydrogen-bond donors (Lipinski definition) is 2. The summed E-state index contributed by atoms with van der Waals surface area (Å²) in [6, 6.07) is 8.49. The third kappa shape index (κ3) is 6.48. The van der Waals surface area contributed by atoms with E-state index in [9.17, 15) is 0 Å². The van der Waals surface area contributed by atoms with E-state index in [0.717, 1.165) is 25.6 Å². The number of methoxy groups -OCH3 is 1. The number of guanidine groups is 1. The van der Waals surface area contributed by atoms with Gasteiger partial charge in [-0.05, 0) is 39.3 Å². The summed E-state index contributed by atoms with van der Waals surface area (Å²) in [5.74, 6) is 0.802. The van der Waals surface area contributed by atoms with Crippen LogP contribution in [0.3, 0.4) is 0 Å². The van der Waals surface area contributed by atoms with Crippen LogP contribution in [0.25, 0.3) is 0 Å². The molecule has 0 saturated heterocycles. The summed E-state index contributed by atoms with van der Waals surface area (Å²) in [7, 11) is 3.51. The molecule has 0 atom stereocenters. The Kier molecular flexibility index (Phi) is 7.89. The van der Waals surface area contributed by atoms with Crippen molar-refractivity contribution in [3.05, 3.63) is 29.8 Å². The van der Waals surface area contributed by atoms with Crippen LogP contribution in [0, 0.1) is 6.92 Å². The molecule has 0 aromatic heterocycles. The molecule has 23 heavy (non-hydrogen) atoms. The summed E-state index contributed by atoms with van der Waals surface area (Å²) in [5.41, 5.74) is 2.38. The molecule has 0 spiro atoms.